The van der Waals surface area contributed by atoms with Crippen molar-refractivity contribution in [3.8, 4) is 22.3 Å². The lowest BCUT2D eigenvalue weighted by Gasteiger charge is -2.27. The lowest BCUT2D eigenvalue weighted by molar-refractivity contribution is 0.634. The van der Waals surface area contributed by atoms with Crippen LogP contribution in [0.3, 0.4) is 0 Å². The molecule has 0 unspecified atom stereocenters. The molecule has 0 fully saturated rings. The van der Waals surface area contributed by atoms with Crippen LogP contribution in [-0.4, -0.2) is 0 Å². The fraction of sp³-hybridized carbons (Fsp3) is 0.114. The summed E-state index contributed by atoms with van der Waals surface area (Å²) in [5, 5.41) is 8.62. The van der Waals surface area contributed by atoms with Gasteiger partial charge in [-0.15, -0.1) is 0 Å². The van der Waals surface area contributed by atoms with Crippen LogP contribution in [0.25, 0.3) is 87.7 Å². The minimum atomic E-state index is 0.743. The van der Waals surface area contributed by atoms with Gasteiger partial charge >= 0.3 is 0 Å². The predicted molar refractivity (Wildman–Crippen MR) is 314 cm³/mol. The molecule has 0 saturated heterocycles. The Hall–Kier alpha value is -8.86. The Bertz CT molecular complexity index is 4020. The predicted octanol–water partition coefficient (Wildman–Crippen LogP) is 20.5. The summed E-state index contributed by atoms with van der Waals surface area (Å²) < 4.78 is 14.5. The van der Waals surface area contributed by atoms with Gasteiger partial charge < -0.3 is 18.6 Å². The smallest absolute Gasteiger partial charge is 0.179 e. The number of hydrogen-bond donors (Lipinski definition) is 0. The largest absolute Gasteiger partial charge is 0.452 e. The number of rotatable bonds is 8. The van der Waals surface area contributed by atoms with Crippen LogP contribution in [0.1, 0.15) is 44.5 Å². The van der Waals surface area contributed by atoms with Crippen LogP contribution < -0.4 is 9.80 Å². The molecular weight excluding hydrogens is 901 g/mol. The molecule has 2 aromatic heterocycles. The first-order valence-electron chi connectivity index (χ1n) is 25.7. The zero-order valence-corrected chi connectivity index (χ0v) is 43.2. The van der Waals surface area contributed by atoms with Gasteiger partial charge in [-0.1, -0.05) is 97.1 Å². The average Bonchev–Trinajstić information content (AvgIpc) is 3.98. The van der Waals surface area contributed by atoms with Crippen molar-refractivity contribution in [1.29, 1.82) is 0 Å². The van der Waals surface area contributed by atoms with Crippen molar-refractivity contribution in [1.82, 2.24) is 0 Å². The SMILES string of the molecule is Cc1ccc(N(c2ccc(C)c(C)c2)c2ccc3cc4c(cc3c2)oc2c3oc5cc6cc(N(c7ccc(C)c(C)c7)c7ccc(C)c(C)c7)ccc6cc5c3c(-c3ccccc3)c(-c3ccccc3)c42)cc1C. The fourth-order valence-electron chi connectivity index (χ4n) is 11.1. The summed E-state index contributed by atoms with van der Waals surface area (Å²) >= 11 is 0. The monoisotopic (exact) mass is 956 g/mol. The van der Waals surface area contributed by atoms with Gasteiger partial charge in [0.25, 0.3) is 0 Å². The molecule has 0 aliphatic heterocycles. The van der Waals surface area contributed by atoms with E-state index in [2.05, 4.69) is 259 Å². The molecule has 11 aromatic carbocycles. The van der Waals surface area contributed by atoms with Crippen LogP contribution in [0.5, 0.6) is 0 Å². The highest BCUT2D eigenvalue weighted by atomic mass is 16.4. The van der Waals surface area contributed by atoms with Gasteiger partial charge in [0.15, 0.2) is 11.2 Å². The minimum Gasteiger partial charge on any atom is -0.452 e. The van der Waals surface area contributed by atoms with Crippen LogP contribution >= 0.6 is 0 Å². The molecule has 0 aliphatic rings. The lowest BCUT2D eigenvalue weighted by Crippen LogP contribution is -2.10. The molecule has 2 heterocycles. The summed E-state index contributed by atoms with van der Waals surface area (Å²) in [7, 11) is 0. The van der Waals surface area contributed by atoms with E-state index >= 15 is 0 Å². The van der Waals surface area contributed by atoms with E-state index in [4.69, 9.17) is 8.83 Å². The first kappa shape index (κ1) is 45.0. The molecule has 0 bridgehead atoms. The van der Waals surface area contributed by atoms with Crippen LogP contribution in [-0.2, 0) is 0 Å². The Morgan fingerprint density at radius 2 is 0.581 bits per heavy atom. The van der Waals surface area contributed by atoms with E-state index in [1.165, 1.54) is 44.5 Å². The molecular formula is C70H56N2O2. The normalized spacial score (nSPS) is 11.8. The Kier molecular flexibility index (Phi) is 10.6. The Morgan fingerprint density at radius 1 is 0.270 bits per heavy atom. The third-order valence-electron chi connectivity index (χ3n) is 15.9. The number of furan rings is 2. The average molecular weight is 957 g/mol. The van der Waals surface area contributed by atoms with E-state index < -0.39 is 0 Å². The van der Waals surface area contributed by atoms with Crippen molar-refractivity contribution in [2.45, 2.75) is 55.4 Å². The molecule has 13 rings (SSSR count). The highest BCUT2D eigenvalue weighted by Gasteiger charge is 2.28. The van der Waals surface area contributed by atoms with Crippen molar-refractivity contribution in [2.75, 3.05) is 9.80 Å². The zero-order chi connectivity index (χ0) is 50.5. The number of fused-ring (bicyclic) bond motifs is 9. The first-order valence-corrected chi connectivity index (χ1v) is 25.7. The van der Waals surface area contributed by atoms with Gasteiger partial charge in [-0.3, -0.25) is 0 Å². The summed E-state index contributed by atoms with van der Waals surface area (Å²) in [6, 6.07) is 71.3. The van der Waals surface area contributed by atoms with Crippen molar-refractivity contribution in [2.24, 2.45) is 0 Å². The number of aryl methyl sites for hydroxylation is 8. The van der Waals surface area contributed by atoms with Gasteiger partial charge in [-0.2, -0.15) is 0 Å². The van der Waals surface area contributed by atoms with Crippen LogP contribution in [0.2, 0.25) is 0 Å². The van der Waals surface area contributed by atoms with Gasteiger partial charge in [-0.05, 0) is 230 Å². The quantitative estimate of drug-likeness (QED) is 0.152. The van der Waals surface area contributed by atoms with E-state index in [-0.39, 0.29) is 0 Å². The van der Waals surface area contributed by atoms with E-state index in [1.54, 1.807) is 0 Å². The maximum Gasteiger partial charge on any atom is 0.179 e. The number of benzene rings is 11. The minimum absolute atomic E-state index is 0.743. The summed E-state index contributed by atoms with van der Waals surface area (Å²) in [5.41, 5.74) is 24.4. The Balaban J connectivity index is 1.06. The van der Waals surface area contributed by atoms with Gasteiger partial charge in [0.2, 0.25) is 0 Å². The second kappa shape index (κ2) is 17.4. The molecule has 0 spiro atoms. The molecule has 0 atom stereocenters. The molecule has 358 valence electrons. The van der Waals surface area contributed by atoms with Crippen molar-refractivity contribution in [3.05, 3.63) is 239 Å². The molecule has 4 heteroatoms. The van der Waals surface area contributed by atoms with Crippen molar-refractivity contribution in [3.63, 3.8) is 0 Å². The van der Waals surface area contributed by atoms with Crippen molar-refractivity contribution >= 4 is 99.5 Å². The van der Waals surface area contributed by atoms with E-state index in [9.17, 15) is 0 Å². The van der Waals surface area contributed by atoms with Crippen molar-refractivity contribution < 1.29 is 8.83 Å². The molecule has 0 aliphatic carbocycles. The van der Waals surface area contributed by atoms with Crippen LogP contribution in [0, 0.1) is 55.4 Å². The highest BCUT2D eigenvalue weighted by Crippen LogP contribution is 2.52. The third-order valence-corrected chi connectivity index (χ3v) is 15.9. The van der Waals surface area contributed by atoms with Gasteiger partial charge in [0.1, 0.15) is 11.2 Å². The van der Waals surface area contributed by atoms with Gasteiger partial charge in [0.05, 0.1) is 0 Å². The number of anilines is 6. The van der Waals surface area contributed by atoms with Crippen LogP contribution in [0.15, 0.2) is 203 Å². The van der Waals surface area contributed by atoms with E-state index in [0.29, 0.717) is 0 Å². The number of nitrogens with zero attached hydrogens (tertiary/aromatic N) is 2. The fourth-order valence-corrected chi connectivity index (χ4v) is 11.1. The number of hydrogen-bond acceptors (Lipinski definition) is 4. The Labute approximate surface area is 432 Å². The molecule has 4 nitrogen and oxygen atoms in total. The molecule has 0 amide bonds. The topological polar surface area (TPSA) is 32.8 Å². The zero-order valence-electron chi connectivity index (χ0n) is 43.2. The summed E-state index contributed by atoms with van der Waals surface area (Å²) in [6.45, 7) is 17.4. The standard InChI is InChI=1S/C70H56N2O2/c1-41-19-25-55(31-45(41)5)71(56-26-20-42(2)46(6)32-56)59-29-23-51-37-61-63(39-53(51)35-59)73-69-67(61)65(49-15-11-9-12-16-49)66(50-17-13-10-14-18-50)68-62-38-52-24-30-60(36-54(52)40-64(62)74-70(68)69)72(57-27-21-43(3)47(7)33-57)58-28-22-44(4)48(8)34-58/h9-40H,1-8H3. The highest BCUT2D eigenvalue weighted by molar-refractivity contribution is 6.31. The summed E-state index contributed by atoms with van der Waals surface area (Å²) in [5.74, 6) is 0. The van der Waals surface area contributed by atoms with Gasteiger partial charge in [-0.25, -0.2) is 0 Å². The summed E-state index contributed by atoms with van der Waals surface area (Å²) in [6.07, 6.45) is 0. The van der Waals surface area contributed by atoms with E-state index in [0.717, 1.165) is 122 Å². The molecule has 0 radical (unpaired) electrons. The van der Waals surface area contributed by atoms with Gasteiger partial charge in [0, 0.05) is 66.8 Å². The third kappa shape index (κ3) is 7.43. The first-order chi connectivity index (χ1) is 35.9. The van der Waals surface area contributed by atoms with Crippen LogP contribution in [0.4, 0.5) is 34.1 Å². The molecule has 0 N–H and O–H groups in total. The summed E-state index contributed by atoms with van der Waals surface area (Å²) in [4.78, 5) is 4.74. The maximum atomic E-state index is 7.25. The maximum absolute atomic E-state index is 7.25. The second-order valence-electron chi connectivity index (χ2n) is 20.6. The molecule has 74 heavy (non-hydrogen) atoms. The molecule has 13 aromatic rings. The lowest BCUT2D eigenvalue weighted by atomic mass is 9.87. The second-order valence-corrected chi connectivity index (χ2v) is 20.6. The Morgan fingerprint density at radius 3 is 0.905 bits per heavy atom. The molecule has 0 saturated carbocycles. The van der Waals surface area contributed by atoms with E-state index in [1.807, 2.05) is 0 Å².